The molecule has 0 heterocycles. The van der Waals surface area contributed by atoms with E-state index in [2.05, 4.69) is 36.7 Å². The number of rotatable bonds is 7. The summed E-state index contributed by atoms with van der Waals surface area (Å²) < 4.78 is 11.1. The second-order valence-electron chi connectivity index (χ2n) is 11.9. The van der Waals surface area contributed by atoms with Crippen molar-refractivity contribution in [2.24, 2.45) is 46.3 Å². The number of hydrogen-bond acceptors (Lipinski definition) is 3. The number of alkyl halides is 1. The second-order valence-corrected chi connectivity index (χ2v) is 12.7. The van der Waals surface area contributed by atoms with Gasteiger partial charge in [0.2, 0.25) is 0 Å². The van der Waals surface area contributed by atoms with Crippen LogP contribution in [0.3, 0.4) is 0 Å². The van der Waals surface area contributed by atoms with Crippen molar-refractivity contribution in [3.63, 3.8) is 0 Å². The molecular weight excluding hydrogens is 452 g/mol. The quantitative estimate of drug-likeness (QED) is 0.280. The minimum atomic E-state index is -0.0442. The van der Waals surface area contributed by atoms with Crippen molar-refractivity contribution in [1.29, 1.82) is 0 Å². The Morgan fingerprint density at radius 3 is 2.52 bits per heavy atom. The first-order valence-electron chi connectivity index (χ1n) is 13.1. The number of esters is 1. The van der Waals surface area contributed by atoms with E-state index in [0.717, 1.165) is 47.9 Å². The molecule has 0 aromatic carbocycles. The van der Waals surface area contributed by atoms with Crippen LogP contribution in [0.4, 0.5) is 0 Å². The maximum atomic E-state index is 11.7. The highest BCUT2D eigenvalue weighted by Crippen LogP contribution is 2.68. The van der Waals surface area contributed by atoms with E-state index in [1.165, 1.54) is 64.9 Å². The van der Waals surface area contributed by atoms with Gasteiger partial charge in [-0.15, -0.1) is 0 Å². The van der Waals surface area contributed by atoms with Gasteiger partial charge in [-0.25, -0.2) is 0 Å². The molecule has 0 aromatic rings. The molecule has 0 N–H and O–H groups in total. The Morgan fingerprint density at radius 2 is 1.77 bits per heavy atom. The van der Waals surface area contributed by atoms with Gasteiger partial charge in [0.1, 0.15) is 0 Å². The largest absolute Gasteiger partial charge is 0.469 e. The Balaban J connectivity index is 1.43. The molecular formula is C27H45BrO3. The monoisotopic (exact) mass is 496 g/mol. The lowest BCUT2D eigenvalue weighted by Gasteiger charge is -2.61. The number of ether oxygens (including phenoxy) is 2. The Labute approximate surface area is 198 Å². The van der Waals surface area contributed by atoms with E-state index in [4.69, 9.17) is 9.47 Å². The Bertz CT molecular complexity index is 638. The van der Waals surface area contributed by atoms with Crippen LogP contribution in [-0.2, 0) is 14.3 Å². The lowest BCUT2D eigenvalue weighted by molar-refractivity contribution is -0.142. The maximum Gasteiger partial charge on any atom is 0.305 e. The minimum Gasteiger partial charge on any atom is -0.469 e. The molecule has 4 aliphatic rings. The van der Waals surface area contributed by atoms with Crippen LogP contribution in [0.2, 0.25) is 0 Å². The number of carbonyl (C=O) groups excluding carboxylic acids is 1. The summed E-state index contributed by atoms with van der Waals surface area (Å²) in [6, 6.07) is 0. The molecule has 0 unspecified atom stereocenters. The van der Waals surface area contributed by atoms with Crippen molar-refractivity contribution in [2.75, 3.05) is 19.0 Å². The predicted molar refractivity (Wildman–Crippen MR) is 129 cm³/mol. The molecule has 0 aliphatic heterocycles. The first-order chi connectivity index (χ1) is 14.8. The fourth-order valence-corrected chi connectivity index (χ4v) is 9.39. The normalized spacial score (nSPS) is 45.3. The predicted octanol–water partition coefficient (Wildman–Crippen LogP) is 7.01. The zero-order chi connectivity index (χ0) is 22.2. The molecule has 4 rings (SSSR count). The van der Waals surface area contributed by atoms with E-state index in [9.17, 15) is 4.79 Å². The van der Waals surface area contributed by atoms with Crippen LogP contribution in [0, 0.1) is 46.3 Å². The van der Waals surface area contributed by atoms with E-state index in [0.29, 0.717) is 29.3 Å². The molecule has 0 amide bonds. The fourth-order valence-electron chi connectivity index (χ4n) is 9.21. The smallest absolute Gasteiger partial charge is 0.305 e. The van der Waals surface area contributed by atoms with Crippen molar-refractivity contribution in [3.8, 4) is 0 Å². The van der Waals surface area contributed by atoms with Gasteiger partial charge in [0.05, 0.1) is 19.8 Å². The SMILES string of the molecule is COC(=O)CC[C@@H](C)[C@H]1CC[C@H]2[C@@H]3CC[C@@H]4C[C@@H](OCCBr)CC[C@]4(C)[C@H]3CC[C@]12C. The number of carbonyl (C=O) groups is 1. The molecule has 4 fully saturated rings. The van der Waals surface area contributed by atoms with Gasteiger partial charge in [0, 0.05) is 11.8 Å². The summed E-state index contributed by atoms with van der Waals surface area (Å²) in [6.07, 6.45) is 14.5. The summed E-state index contributed by atoms with van der Waals surface area (Å²) in [5.41, 5.74) is 1.02. The molecule has 178 valence electrons. The Hall–Kier alpha value is -0.0900. The first-order valence-corrected chi connectivity index (χ1v) is 14.2. The third-order valence-electron chi connectivity index (χ3n) is 10.8. The zero-order valence-electron chi connectivity index (χ0n) is 20.3. The van der Waals surface area contributed by atoms with E-state index in [1.807, 2.05) is 0 Å². The highest BCUT2D eigenvalue weighted by atomic mass is 79.9. The number of halogens is 1. The first kappa shape index (κ1) is 24.0. The second kappa shape index (κ2) is 9.65. The number of methoxy groups -OCH3 is 1. The van der Waals surface area contributed by atoms with Crippen molar-refractivity contribution in [1.82, 2.24) is 0 Å². The molecule has 0 saturated heterocycles. The Kier molecular flexibility index (Phi) is 7.48. The Morgan fingerprint density at radius 1 is 1.03 bits per heavy atom. The zero-order valence-corrected chi connectivity index (χ0v) is 21.9. The van der Waals surface area contributed by atoms with Gasteiger partial charge in [-0.3, -0.25) is 4.79 Å². The van der Waals surface area contributed by atoms with Crippen LogP contribution in [0.15, 0.2) is 0 Å². The molecule has 31 heavy (non-hydrogen) atoms. The van der Waals surface area contributed by atoms with Gasteiger partial charge in [-0.2, -0.15) is 0 Å². The van der Waals surface area contributed by atoms with Gasteiger partial charge in [-0.1, -0.05) is 36.7 Å². The summed E-state index contributed by atoms with van der Waals surface area (Å²) in [4.78, 5) is 11.7. The lowest BCUT2D eigenvalue weighted by atomic mass is 9.44. The third kappa shape index (κ3) is 4.38. The van der Waals surface area contributed by atoms with Crippen LogP contribution in [0.1, 0.15) is 91.4 Å². The van der Waals surface area contributed by atoms with Crippen molar-refractivity contribution in [3.05, 3.63) is 0 Å². The van der Waals surface area contributed by atoms with Crippen LogP contribution < -0.4 is 0 Å². The molecule has 0 aromatic heterocycles. The van der Waals surface area contributed by atoms with E-state index < -0.39 is 0 Å². The van der Waals surface area contributed by atoms with Crippen molar-refractivity contribution < 1.29 is 14.3 Å². The van der Waals surface area contributed by atoms with E-state index in [-0.39, 0.29) is 5.97 Å². The fraction of sp³-hybridized carbons (Fsp3) is 0.963. The van der Waals surface area contributed by atoms with E-state index >= 15 is 0 Å². The third-order valence-corrected chi connectivity index (χ3v) is 11.2. The topological polar surface area (TPSA) is 35.5 Å². The number of fused-ring (bicyclic) bond motifs is 5. The van der Waals surface area contributed by atoms with Gasteiger partial charge in [0.15, 0.2) is 0 Å². The highest BCUT2D eigenvalue weighted by Gasteiger charge is 2.60. The van der Waals surface area contributed by atoms with Crippen LogP contribution >= 0.6 is 15.9 Å². The molecule has 4 heteroatoms. The van der Waals surface area contributed by atoms with Crippen LogP contribution in [0.5, 0.6) is 0 Å². The summed E-state index contributed by atoms with van der Waals surface area (Å²) in [5.74, 6) is 4.97. The lowest BCUT2D eigenvalue weighted by Crippen LogP contribution is -2.54. The minimum absolute atomic E-state index is 0.0442. The van der Waals surface area contributed by atoms with Gasteiger partial charge < -0.3 is 9.47 Å². The van der Waals surface area contributed by atoms with E-state index in [1.54, 1.807) is 0 Å². The van der Waals surface area contributed by atoms with Gasteiger partial charge in [-0.05, 0) is 111 Å². The van der Waals surface area contributed by atoms with Crippen LogP contribution in [0.25, 0.3) is 0 Å². The average molecular weight is 498 g/mol. The van der Waals surface area contributed by atoms with Crippen LogP contribution in [-0.4, -0.2) is 31.1 Å². The molecule has 3 nitrogen and oxygen atoms in total. The average Bonchev–Trinajstić information content (AvgIpc) is 3.13. The molecule has 0 radical (unpaired) electrons. The highest BCUT2D eigenvalue weighted by molar-refractivity contribution is 9.09. The molecule has 9 atom stereocenters. The summed E-state index contributed by atoms with van der Waals surface area (Å²) in [7, 11) is 1.51. The summed E-state index contributed by atoms with van der Waals surface area (Å²) in [6.45, 7) is 8.54. The summed E-state index contributed by atoms with van der Waals surface area (Å²) in [5, 5.41) is 0.954. The standard InChI is InChI=1S/C27H45BrO3/c1-18(5-10-25(29)30-4)22-8-9-23-21-7-6-19-17-20(31-16-15-28)11-13-26(19,2)24(21)12-14-27(22,23)3/h18-24H,5-17H2,1-4H3/t18-,19-,20+,21+,22-,23+,24+,26+,27-/m1/s1. The van der Waals surface area contributed by atoms with Crippen molar-refractivity contribution in [2.45, 2.75) is 97.5 Å². The number of hydrogen-bond donors (Lipinski definition) is 0. The molecule has 4 saturated carbocycles. The van der Waals surface area contributed by atoms with Gasteiger partial charge in [0.25, 0.3) is 0 Å². The molecule has 4 aliphatic carbocycles. The van der Waals surface area contributed by atoms with Gasteiger partial charge >= 0.3 is 5.97 Å². The molecule has 0 bridgehead atoms. The summed E-state index contributed by atoms with van der Waals surface area (Å²) >= 11 is 3.52. The maximum absolute atomic E-state index is 11.7. The molecule has 0 spiro atoms. The van der Waals surface area contributed by atoms with Crippen molar-refractivity contribution >= 4 is 21.9 Å².